The zero-order valence-electron chi connectivity index (χ0n) is 81.6. The van der Waals surface area contributed by atoms with E-state index in [4.69, 9.17) is 63.8 Å². The molecule has 11 aromatic rings. The first-order chi connectivity index (χ1) is 68.7. The van der Waals surface area contributed by atoms with Gasteiger partial charge in [-0.15, -0.1) is 0 Å². The standard InChI is InChI=1S/C38H42N8O2.C37H43N9O2.C34H39F2N7O2/c1-27-8-4-10-29-11-5-13-34(36(27)29)44-19-16-32-33(25-44)41-38(48-26-30-12-7-18-43(30)3)42-37(32)45-20-21-46(31(24-45)23-39-2)35(47)15-14-28-9-6-17-40-22-28;1-26-8-5-9-28-10-6-12-33(35(26)28)44-17-15-31-32(24-44)40-37(48-25-29-11-7-16-42(29)3)41-36(31)45-18-19-46(30(23-45)21-38-2)34(47)14-13-27-20-39-43(4)22-27;1-23-7-4-8-24-9-5-11-29(32(23)24)41-16-14-27-28(21-41)38-34(45-22-25-10-6-15-40(25)3)39-33(27)42-17-18-43(26(20-42)19-37-2)31(44)13-12-30(35)36/h4-6,8-11,13-15,17,22,30-31H,7,12,16,18-21,23-26H2,1,3H3;5-6,8-10,12-14,20,22,29-30H,7,11,15-19,21,23-25H2,1,3-4H3;4-5,7-9,11-13,25-26,30H,6,10,14-22H2,1,3H3/b15-14+;14-13+;13-12+/t30-,31-;29-,30-;25-,26-/m000/s1. The minimum atomic E-state index is -2.71. The van der Waals surface area contributed by atoms with Crippen molar-refractivity contribution in [2.45, 2.75) is 141 Å². The molecule has 6 aromatic carbocycles. The Morgan fingerprint density at radius 2 is 0.766 bits per heavy atom. The lowest BCUT2D eigenvalue weighted by molar-refractivity contribution is -0.129. The van der Waals surface area contributed by atoms with E-state index >= 15 is 0 Å². The minimum absolute atomic E-state index is 0.0730. The zero-order valence-corrected chi connectivity index (χ0v) is 81.6. The summed E-state index contributed by atoms with van der Waals surface area (Å²) >= 11 is 0. The fraction of sp³-hybridized carbons (Fsp3) is 0.431. The summed E-state index contributed by atoms with van der Waals surface area (Å²) in [6, 6.07) is 43.7. The van der Waals surface area contributed by atoms with Crippen LogP contribution < -0.4 is 43.6 Å². The van der Waals surface area contributed by atoms with Gasteiger partial charge in [0.05, 0.1) is 42.9 Å². The number of anilines is 6. The zero-order chi connectivity index (χ0) is 97.7. The van der Waals surface area contributed by atoms with Gasteiger partial charge in [0.2, 0.25) is 37.4 Å². The maximum atomic E-state index is 13.4. The summed E-state index contributed by atoms with van der Waals surface area (Å²) in [5.74, 6) is 1.82. The van der Waals surface area contributed by atoms with Crippen LogP contribution in [0.1, 0.15) is 100 Å². The number of halogens is 2. The van der Waals surface area contributed by atoms with Gasteiger partial charge in [-0.3, -0.25) is 24.0 Å². The normalized spacial score (nSPS) is 20.2. The third kappa shape index (κ3) is 22.3. The lowest BCUT2D eigenvalue weighted by atomic mass is 9.99. The Labute approximate surface area is 824 Å². The number of hydrogen-bond acceptors (Lipinski definition) is 23. The minimum Gasteiger partial charge on any atom is -0.462 e. The Bertz CT molecular complexity index is 6580. The van der Waals surface area contributed by atoms with Crippen LogP contribution >= 0.6 is 0 Å². The van der Waals surface area contributed by atoms with Gasteiger partial charge in [0.25, 0.3) is 6.43 Å². The highest BCUT2D eigenvalue weighted by molar-refractivity contribution is 6.00. The van der Waals surface area contributed by atoms with Gasteiger partial charge in [-0.2, -0.15) is 35.0 Å². The van der Waals surface area contributed by atoms with Crippen molar-refractivity contribution in [3.63, 3.8) is 0 Å². The number of aromatic nitrogens is 9. The van der Waals surface area contributed by atoms with E-state index in [1.165, 1.54) is 83.8 Å². The van der Waals surface area contributed by atoms with E-state index in [0.29, 0.717) is 141 Å². The van der Waals surface area contributed by atoms with E-state index in [-0.39, 0.29) is 43.5 Å². The Hall–Kier alpha value is -14.3. The topological polar surface area (TPSA) is 239 Å². The van der Waals surface area contributed by atoms with Gasteiger partial charge >= 0.3 is 18.0 Å². The predicted molar refractivity (Wildman–Crippen MR) is 548 cm³/mol. The van der Waals surface area contributed by atoms with Crippen LogP contribution in [0.3, 0.4) is 0 Å². The van der Waals surface area contributed by atoms with Crippen molar-refractivity contribution in [1.82, 2.24) is 74.1 Å². The van der Waals surface area contributed by atoms with E-state index < -0.39 is 18.4 Å². The molecule has 20 rings (SSSR count). The number of benzene rings is 6. The summed E-state index contributed by atoms with van der Waals surface area (Å²) in [6.07, 6.45) is 21.6. The predicted octanol–water partition coefficient (Wildman–Crippen LogP) is 14.1. The number of carbonyl (C=O) groups is 3. The van der Waals surface area contributed by atoms with E-state index in [2.05, 4.69) is 220 Å². The van der Waals surface area contributed by atoms with Gasteiger partial charge in [0.1, 0.15) is 55.4 Å². The molecule has 30 nitrogen and oxygen atoms in total. The second kappa shape index (κ2) is 44.5. The quantitative estimate of drug-likeness (QED) is 0.0403. The lowest BCUT2D eigenvalue weighted by Crippen LogP contribution is -2.56. The number of hydrogen-bond donors (Lipinski definition) is 0. The van der Waals surface area contributed by atoms with Gasteiger partial charge in [0.15, 0.2) is 0 Å². The van der Waals surface area contributed by atoms with Crippen molar-refractivity contribution in [3.8, 4) is 18.0 Å². The number of ether oxygens (including phenoxy) is 3. The summed E-state index contributed by atoms with van der Waals surface area (Å²) in [4.78, 5) is 111. The van der Waals surface area contributed by atoms with Crippen LogP contribution in [0.2, 0.25) is 0 Å². The van der Waals surface area contributed by atoms with E-state index in [0.717, 1.165) is 153 Å². The monoisotopic (exact) mass is 1900 g/mol. The van der Waals surface area contributed by atoms with Crippen LogP contribution in [-0.4, -0.2) is 293 Å². The molecule has 0 unspecified atom stereocenters. The van der Waals surface area contributed by atoms with Crippen LogP contribution in [-0.2, 0) is 60.3 Å². The molecule has 0 N–H and O–H groups in total. The average Bonchev–Trinajstić information content (AvgIpc) is 1.17. The van der Waals surface area contributed by atoms with E-state index in [9.17, 15) is 23.2 Å². The molecule has 141 heavy (non-hydrogen) atoms. The number of fused-ring (bicyclic) bond motifs is 6. The fourth-order valence-corrected chi connectivity index (χ4v) is 21.7. The number of likely N-dealkylation sites (tertiary alicyclic amines) is 3. The number of likely N-dealkylation sites (N-methyl/N-ethyl adjacent to an activating group) is 3. The van der Waals surface area contributed by atoms with Crippen molar-refractivity contribution in [2.24, 2.45) is 7.05 Å². The number of pyridine rings is 1. The first-order valence-electron chi connectivity index (χ1n) is 49.4. The summed E-state index contributed by atoms with van der Waals surface area (Å²) in [5, 5.41) is 11.6. The molecule has 0 spiro atoms. The molecule has 5 aromatic heterocycles. The van der Waals surface area contributed by atoms with Crippen molar-refractivity contribution < 1.29 is 37.4 Å². The molecule has 0 radical (unpaired) electrons. The van der Waals surface area contributed by atoms with Gasteiger partial charge in [-0.25, -0.2) is 28.5 Å². The highest BCUT2D eigenvalue weighted by atomic mass is 19.3. The highest BCUT2D eigenvalue weighted by Crippen LogP contribution is 2.42. The van der Waals surface area contributed by atoms with Crippen molar-refractivity contribution in [2.75, 3.05) is 188 Å². The van der Waals surface area contributed by atoms with Crippen molar-refractivity contribution in [3.05, 3.63) is 266 Å². The van der Waals surface area contributed by atoms with Crippen LogP contribution in [0.15, 0.2) is 170 Å². The number of alkyl halides is 2. The third-order valence-corrected chi connectivity index (χ3v) is 29.3. The van der Waals surface area contributed by atoms with Gasteiger partial charge in [-0.05, 0) is 200 Å². The second-order valence-corrected chi connectivity index (χ2v) is 38.4. The molecule has 0 aliphatic carbocycles. The van der Waals surface area contributed by atoms with Gasteiger partial charge in [-0.1, -0.05) is 97.1 Å². The molecule has 32 heteroatoms. The van der Waals surface area contributed by atoms with Crippen LogP contribution in [0.25, 0.3) is 59.0 Å². The number of amides is 3. The largest absolute Gasteiger partial charge is 0.462 e. The number of carbonyl (C=O) groups excluding carboxylic acids is 3. The second-order valence-electron chi connectivity index (χ2n) is 38.4. The smallest absolute Gasteiger partial charge is 0.318 e. The van der Waals surface area contributed by atoms with Crippen LogP contribution in [0.4, 0.5) is 43.3 Å². The lowest BCUT2D eigenvalue weighted by Gasteiger charge is -2.41. The molecule has 14 heterocycles. The van der Waals surface area contributed by atoms with E-state index in [1.807, 2.05) is 35.2 Å². The Morgan fingerprint density at radius 3 is 1.09 bits per heavy atom. The maximum absolute atomic E-state index is 13.4. The molecule has 6 atom stereocenters. The number of piperazine rings is 3. The molecule has 0 saturated carbocycles. The fourth-order valence-electron chi connectivity index (χ4n) is 21.7. The van der Waals surface area contributed by atoms with E-state index in [1.54, 1.807) is 47.6 Å². The third-order valence-electron chi connectivity index (χ3n) is 29.3. The summed E-state index contributed by atoms with van der Waals surface area (Å²) < 4.78 is 46.2. The molecular weight excluding hydrogens is 1780 g/mol. The molecule has 9 aliphatic rings. The molecule has 3 amide bonds. The Morgan fingerprint density at radius 1 is 0.411 bits per heavy atom. The Kier molecular flexibility index (Phi) is 30.6. The number of allylic oxidation sites excluding steroid dienone is 1. The molecule has 6 saturated heterocycles. The number of aryl methyl sites for hydroxylation is 4. The first kappa shape index (κ1) is 97.0. The number of nitrogens with zero attached hydrogens (tertiary/aromatic N) is 24. The van der Waals surface area contributed by atoms with Gasteiger partial charge < -0.3 is 87.5 Å². The van der Waals surface area contributed by atoms with Crippen LogP contribution in [0, 0.1) is 40.5 Å². The van der Waals surface area contributed by atoms with Crippen LogP contribution in [0.5, 0.6) is 18.0 Å². The average molecular weight is 1900 g/mol. The SMILES string of the molecule is [C-]#[N+]C[C@H]1CN(c2nc(OC[C@@H]3CCCN3C)nc3c2CCN(c2cccc4cccc(C)c24)C3)CCN1C(=O)/C=C/C(F)F.[C-]#[N+]C[C@H]1CN(c2nc(OC[C@@H]3CCCN3C)nc3c2CCN(c2cccc4cccc(C)c24)C3)CCN1C(=O)/C=C/c1cccnc1.[C-]#[N+]C[C@H]1CN(c2nc(OC[C@@H]3CCCN3C)nc3c2CCN(c2cccc4cccc(C)c24)C3)CCN1C(=O)/C=C/c1cnn(C)c1. The molecular formula is C109H124F2N24O6. The van der Waals surface area contributed by atoms with Crippen molar-refractivity contribution >= 4 is 96.7 Å². The summed E-state index contributed by atoms with van der Waals surface area (Å²) in [7, 11) is 8.25. The van der Waals surface area contributed by atoms with Gasteiger partial charge in [0, 0.05) is 196 Å². The molecule has 0 bridgehead atoms. The first-order valence-corrected chi connectivity index (χ1v) is 49.4. The number of rotatable bonds is 24. The molecule has 6 fully saturated rings. The summed E-state index contributed by atoms with van der Waals surface area (Å²) in [5.41, 5.74) is 15.3. The molecule has 9 aliphatic heterocycles. The summed E-state index contributed by atoms with van der Waals surface area (Å²) in [6.45, 7) is 43.4. The van der Waals surface area contributed by atoms with Crippen molar-refractivity contribution in [1.29, 1.82) is 0 Å². The maximum Gasteiger partial charge on any atom is 0.318 e. The molecule has 730 valence electrons. The Balaban J connectivity index is 0.000000140. The highest BCUT2D eigenvalue weighted by Gasteiger charge is 2.41.